The summed E-state index contributed by atoms with van der Waals surface area (Å²) in [5.41, 5.74) is 0.839. The molecular formula is C14H24N2O2S2. The lowest BCUT2D eigenvalue weighted by Gasteiger charge is -2.20. The smallest absolute Gasteiger partial charge is 0.242 e. The Labute approximate surface area is 126 Å². The molecule has 2 N–H and O–H groups in total. The van der Waals surface area contributed by atoms with Crippen LogP contribution in [0, 0.1) is 18.8 Å². The van der Waals surface area contributed by atoms with Crippen LogP contribution in [-0.4, -0.2) is 21.5 Å². The van der Waals surface area contributed by atoms with E-state index in [-0.39, 0.29) is 6.04 Å². The summed E-state index contributed by atoms with van der Waals surface area (Å²) in [6.45, 7) is 6.79. The summed E-state index contributed by atoms with van der Waals surface area (Å²) in [6, 6.07) is 0.0664. The van der Waals surface area contributed by atoms with E-state index in [1.165, 1.54) is 11.3 Å². The van der Waals surface area contributed by atoms with Crippen LogP contribution in [0.1, 0.15) is 37.1 Å². The molecule has 0 radical (unpaired) electrons. The Morgan fingerprint density at radius 2 is 2.05 bits per heavy atom. The number of hydrogen-bond donors (Lipinski definition) is 2. The van der Waals surface area contributed by atoms with Crippen molar-refractivity contribution in [1.82, 2.24) is 10.0 Å². The fraction of sp³-hybridized carbons (Fsp3) is 0.714. The van der Waals surface area contributed by atoms with Crippen LogP contribution in [0.15, 0.2) is 10.3 Å². The van der Waals surface area contributed by atoms with Crippen molar-refractivity contribution in [2.24, 2.45) is 11.8 Å². The van der Waals surface area contributed by atoms with Crippen molar-refractivity contribution in [2.75, 3.05) is 7.05 Å². The largest absolute Gasteiger partial charge is 0.315 e. The highest BCUT2D eigenvalue weighted by Crippen LogP contribution is 2.33. The van der Waals surface area contributed by atoms with E-state index in [2.05, 4.69) is 23.9 Å². The molecule has 1 aromatic heterocycles. The van der Waals surface area contributed by atoms with Gasteiger partial charge in [-0.2, -0.15) is 0 Å². The van der Waals surface area contributed by atoms with E-state index in [0.717, 1.165) is 23.3 Å². The van der Waals surface area contributed by atoms with E-state index in [1.807, 2.05) is 19.4 Å². The normalized spacial score (nSPS) is 27.1. The molecule has 1 aromatic rings. The molecule has 1 saturated carbocycles. The van der Waals surface area contributed by atoms with E-state index in [0.29, 0.717) is 23.3 Å². The standard InChI is InChI=1S/C14H24N2O2S2/c1-9-5-6-12(11(9)3)16-20(17,18)14-10(2)8-19-13(14)7-15-4/h8-9,11-12,15-16H,5-7H2,1-4H3. The van der Waals surface area contributed by atoms with Crippen molar-refractivity contribution in [2.45, 2.75) is 51.1 Å². The highest BCUT2D eigenvalue weighted by atomic mass is 32.2. The zero-order valence-corrected chi connectivity index (χ0v) is 14.2. The molecule has 0 spiro atoms. The molecule has 1 aliphatic carbocycles. The highest BCUT2D eigenvalue weighted by Gasteiger charge is 2.34. The second-order valence-electron chi connectivity index (χ2n) is 5.84. The number of hydrogen-bond acceptors (Lipinski definition) is 4. The van der Waals surface area contributed by atoms with Crippen molar-refractivity contribution in [3.8, 4) is 0 Å². The van der Waals surface area contributed by atoms with E-state index in [9.17, 15) is 8.42 Å². The number of thiophene rings is 1. The van der Waals surface area contributed by atoms with E-state index < -0.39 is 10.0 Å². The van der Waals surface area contributed by atoms with Gasteiger partial charge in [-0.05, 0) is 49.6 Å². The van der Waals surface area contributed by atoms with Gasteiger partial charge < -0.3 is 5.32 Å². The van der Waals surface area contributed by atoms with Crippen LogP contribution in [0.2, 0.25) is 0 Å². The Balaban J connectivity index is 2.25. The van der Waals surface area contributed by atoms with E-state index in [4.69, 9.17) is 0 Å². The lowest BCUT2D eigenvalue weighted by Crippen LogP contribution is -2.37. The van der Waals surface area contributed by atoms with Crippen molar-refractivity contribution >= 4 is 21.4 Å². The second-order valence-corrected chi connectivity index (χ2v) is 8.46. The highest BCUT2D eigenvalue weighted by molar-refractivity contribution is 7.89. The maximum atomic E-state index is 12.7. The lowest BCUT2D eigenvalue weighted by atomic mass is 9.98. The van der Waals surface area contributed by atoms with Crippen LogP contribution in [-0.2, 0) is 16.6 Å². The number of aryl methyl sites for hydroxylation is 1. The molecule has 0 saturated heterocycles. The molecule has 0 amide bonds. The molecule has 3 unspecified atom stereocenters. The topological polar surface area (TPSA) is 58.2 Å². The number of rotatable bonds is 5. The van der Waals surface area contributed by atoms with Crippen LogP contribution in [0.4, 0.5) is 0 Å². The van der Waals surface area contributed by atoms with Gasteiger partial charge in [0.2, 0.25) is 10.0 Å². The zero-order valence-electron chi connectivity index (χ0n) is 12.6. The van der Waals surface area contributed by atoms with Gasteiger partial charge in [-0.1, -0.05) is 13.8 Å². The van der Waals surface area contributed by atoms with Gasteiger partial charge in [0, 0.05) is 17.5 Å². The quantitative estimate of drug-likeness (QED) is 0.877. The van der Waals surface area contributed by atoms with Gasteiger partial charge in [0.25, 0.3) is 0 Å². The van der Waals surface area contributed by atoms with Crippen LogP contribution >= 0.6 is 11.3 Å². The molecule has 0 bridgehead atoms. The molecule has 2 rings (SSSR count). The first-order valence-electron chi connectivity index (χ1n) is 7.10. The third-order valence-corrected chi connectivity index (χ3v) is 7.32. The Kier molecular flexibility index (Phi) is 4.89. The molecular weight excluding hydrogens is 292 g/mol. The first-order chi connectivity index (χ1) is 9.36. The van der Waals surface area contributed by atoms with Crippen molar-refractivity contribution in [3.63, 3.8) is 0 Å². The van der Waals surface area contributed by atoms with Crippen molar-refractivity contribution in [1.29, 1.82) is 0 Å². The van der Waals surface area contributed by atoms with Crippen molar-refractivity contribution in [3.05, 3.63) is 15.8 Å². The Bertz CT molecular complexity index is 566. The van der Waals surface area contributed by atoms with Crippen LogP contribution in [0.3, 0.4) is 0 Å². The summed E-state index contributed by atoms with van der Waals surface area (Å²) < 4.78 is 28.3. The minimum Gasteiger partial charge on any atom is -0.315 e. The summed E-state index contributed by atoms with van der Waals surface area (Å²) in [4.78, 5) is 1.36. The van der Waals surface area contributed by atoms with E-state index in [1.54, 1.807) is 0 Å². The van der Waals surface area contributed by atoms with Gasteiger partial charge in [0.15, 0.2) is 0 Å². The second kappa shape index (κ2) is 6.13. The zero-order chi connectivity index (χ0) is 14.9. The third kappa shape index (κ3) is 3.08. The first kappa shape index (κ1) is 15.9. The minimum atomic E-state index is -3.42. The predicted octanol–water partition coefficient (Wildman–Crippen LogP) is 2.49. The van der Waals surface area contributed by atoms with Gasteiger partial charge in [-0.25, -0.2) is 13.1 Å². The van der Waals surface area contributed by atoms with E-state index >= 15 is 0 Å². The van der Waals surface area contributed by atoms with Crippen LogP contribution in [0.25, 0.3) is 0 Å². The monoisotopic (exact) mass is 316 g/mol. The molecule has 1 fully saturated rings. The van der Waals surface area contributed by atoms with Gasteiger partial charge in [-0.3, -0.25) is 0 Å². The summed E-state index contributed by atoms with van der Waals surface area (Å²) in [7, 11) is -1.59. The summed E-state index contributed by atoms with van der Waals surface area (Å²) in [6.07, 6.45) is 2.03. The number of sulfonamides is 1. The molecule has 3 atom stereocenters. The molecule has 1 aliphatic rings. The maximum absolute atomic E-state index is 12.7. The first-order valence-corrected chi connectivity index (χ1v) is 9.47. The van der Waals surface area contributed by atoms with Crippen molar-refractivity contribution < 1.29 is 8.42 Å². The number of nitrogens with one attached hydrogen (secondary N) is 2. The molecule has 4 nitrogen and oxygen atoms in total. The Morgan fingerprint density at radius 1 is 1.35 bits per heavy atom. The maximum Gasteiger partial charge on any atom is 0.242 e. The van der Waals surface area contributed by atoms with Gasteiger partial charge in [0.1, 0.15) is 4.90 Å². The summed E-state index contributed by atoms with van der Waals surface area (Å²) in [5, 5.41) is 4.96. The SMILES string of the molecule is CNCc1scc(C)c1S(=O)(=O)NC1CCC(C)C1C. The Hall–Kier alpha value is -0.430. The third-order valence-electron chi connectivity index (χ3n) is 4.37. The summed E-state index contributed by atoms with van der Waals surface area (Å²) >= 11 is 1.51. The minimum absolute atomic E-state index is 0.0664. The fourth-order valence-corrected chi connectivity index (χ4v) is 6.10. The van der Waals surface area contributed by atoms with Crippen LogP contribution < -0.4 is 10.0 Å². The Morgan fingerprint density at radius 3 is 2.60 bits per heavy atom. The predicted molar refractivity (Wildman–Crippen MR) is 83.5 cm³/mol. The van der Waals surface area contributed by atoms with Crippen LogP contribution in [0.5, 0.6) is 0 Å². The molecule has 0 aliphatic heterocycles. The lowest BCUT2D eigenvalue weighted by molar-refractivity contribution is 0.402. The fourth-order valence-electron chi connectivity index (χ4n) is 2.92. The molecule has 6 heteroatoms. The molecule has 0 aromatic carbocycles. The molecule has 114 valence electrons. The van der Waals surface area contributed by atoms with Gasteiger partial charge in [0.05, 0.1) is 0 Å². The molecule has 1 heterocycles. The average Bonchev–Trinajstić information content (AvgIpc) is 2.88. The molecule has 20 heavy (non-hydrogen) atoms. The van der Waals surface area contributed by atoms with Gasteiger partial charge in [-0.15, -0.1) is 11.3 Å². The summed E-state index contributed by atoms with van der Waals surface area (Å²) in [5.74, 6) is 0.986. The van der Waals surface area contributed by atoms with Gasteiger partial charge >= 0.3 is 0 Å². The average molecular weight is 316 g/mol.